The first-order valence-electron chi connectivity index (χ1n) is 15.7. The fraction of sp³-hybridized carbons (Fsp3) is 0.303. The van der Waals surface area contributed by atoms with Crippen molar-refractivity contribution >= 4 is 51.2 Å². The summed E-state index contributed by atoms with van der Waals surface area (Å²) in [7, 11) is 3.37. The zero-order chi connectivity index (χ0) is 34.0. The van der Waals surface area contributed by atoms with E-state index in [2.05, 4.69) is 25.0 Å². The van der Waals surface area contributed by atoms with Gasteiger partial charge in [-0.05, 0) is 55.3 Å². The smallest absolute Gasteiger partial charge is 0.245 e. The number of methoxy groups -OCH3 is 1. The summed E-state index contributed by atoms with van der Waals surface area (Å²) in [5.74, 6) is 0.0671. The predicted octanol–water partition coefficient (Wildman–Crippen LogP) is 4.41. The number of halogens is 3. The highest BCUT2D eigenvalue weighted by Gasteiger charge is 2.41. The summed E-state index contributed by atoms with van der Waals surface area (Å²) in [5, 5.41) is 8.21. The minimum atomic E-state index is -0.818. The summed E-state index contributed by atoms with van der Waals surface area (Å²) >= 11 is 6.47. The van der Waals surface area contributed by atoms with E-state index in [4.69, 9.17) is 31.3 Å². The number of aryl methyl sites for hydroxylation is 1. The first-order chi connectivity index (χ1) is 23.7. The lowest BCUT2D eigenvalue weighted by molar-refractivity contribution is -0.132. The number of pyridine rings is 2. The number of fused-ring (bicyclic) bond motifs is 6. The number of ether oxygens (including phenoxy) is 1. The Morgan fingerprint density at radius 1 is 1.04 bits per heavy atom. The van der Waals surface area contributed by atoms with E-state index < -0.39 is 17.7 Å². The lowest BCUT2D eigenvalue weighted by Gasteiger charge is -2.31. The largest absolute Gasteiger partial charge is 0.378 e. The average molecular weight is 686 g/mol. The van der Waals surface area contributed by atoms with Crippen LogP contribution in [-0.2, 0) is 16.1 Å². The Labute approximate surface area is 283 Å². The molecule has 0 saturated carbocycles. The molecule has 1 N–H and O–H groups in total. The summed E-state index contributed by atoms with van der Waals surface area (Å²) in [6.45, 7) is 3.00. The van der Waals surface area contributed by atoms with Gasteiger partial charge in [0, 0.05) is 45.6 Å². The van der Waals surface area contributed by atoms with Crippen LogP contribution in [0, 0.1) is 18.6 Å². The molecular weight excluding hydrogens is 656 g/mol. The van der Waals surface area contributed by atoms with Gasteiger partial charge in [0.25, 0.3) is 0 Å². The Morgan fingerprint density at radius 3 is 2.71 bits per heavy atom. The molecule has 8 rings (SSSR count). The molecule has 0 aliphatic carbocycles. The Bertz CT molecular complexity index is 2260. The topological polar surface area (TPSA) is 132 Å². The standard InChI is InChI=1S/C33H30ClF2N11O2/c1-17-39-24-9-10-37-28-23-5-4-6-27(41-23)40-19-12-26(32(48)44(2)15-20(49-3)16-45(17)29(24)28)46(14-19)30-21-13-38-47(31(21)43-33(34)42-30)25-8-7-18(35)11-22(25)36/h4-11,13,19-20,26H,12,14-16H2,1-3H3,(H,40,41)/t19?,20-,26-/m0/s1. The van der Waals surface area contributed by atoms with E-state index in [-0.39, 0.29) is 34.7 Å². The van der Waals surface area contributed by atoms with Gasteiger partial charge >= 0.3 is 0 Å². The van der Waals surface area contributed by atoms with Gasteiger partial charge in [-0.1, -0.05) is 6.07 Å². The molecule has 250 valence electrons. The Balaban J connectivity index is 1.23. The van der Waals surface area contributed by atoms with E-state index >= 15 is 0 Å². The fourth-order valence-corrected chi connectivity index (χ4v) is 7.01. The third-order valence-corrected chi connectivity index (χ3v) is 9.31. The van der Waals surface area contributed by atoms with Gasteiger partial charge in [0.15, 0.2) is 11.5 Å². The van der Waals surface area contributed by atoms with Gasteiger partial charge in [-0.15, -0.1) is 0 Å². The maximum atomic E-state index is 14.9. The number of anilines is 2. The second-order valence-electron chi connectivity index (χ2n) is 12.2. The number of amides is 1. The third-order valence-electron chi connectivity index (χ3n) is 9.14. The molecule has 5 aromatic heterocycles. The Hall–Kier alpha value is -5.28. The van der Waals surface area contributed by atoms with Crippen LogP contribution in [0.4, 0.5) is 20.4 Å². The number of nitrogens with one attached hydrogen (secondary N) is 1. The zero-order valence-corrected chi connectivity index (χ0v) is 27.4. The maximum Gasteiger partial charge on any atom is 0.245 e. The molecule has 4 bridgehead atoms. The van der Waals surface area contributed by atoms with Crippen molar-refractivity contribution in [2.24, 2.45) is 0 Å². The van der Waals surface area contributed by atoms with Crippen molar-refractivity contribution in [1.29, 1.82) is 0 Å². The van der Waals surface area contributed by atoms with E-state index in [1.807, 2.05) is 36.1 Å². The van der Waals surface area contributed by atoms with E-state index in [1.165, 1.54) is 16.9 Å². The van der Waals surface area contributed by atoms with Crippen molar-refractivity contribution in [3.05, 3.63) is 77.6 Å². The van der Waals surface area contributed by atoms with Crippen LogP contribution < -0.4 is 10.2 Å². The number of likely N-dealkylation sites (N-methyl/N-ethyl adjacent to an activating group) is 1. The number of hydrogen-bond donors (Lipinski definition) is 1. The molecule has 49 heavy (non-hydrogen) atoms. The van der Waals surface area contributed by atoms with Gasteiger partial charge < -0.3 is 24.4 Å². The van der Waals surface area contributed by atoms with Gasteiger partial charge in [0.05, 0.1) is 41.0 Å². The van der Waals surface area contributed by atoms with Crippen LogP contribution in [0.5, 0.6) is 0 Å². The van der Waals surface area contributed by atoms with E-state index in [1.54, 1.807) is 25.3 Å². The van der Waals surface area contributed by atoms with Crippen LogP contribution >= 0.6 is 11.6 Å². The molecule has 1 aromatic carbocycles. The molecule has 6 aromatic rings. The van der Waals surface area contributed by atoms with Crippen molar-refractivity contribution in [2.75, 3.05) is 37.5 Å². The van der Waals surface area contributed by atoms with Gasteiger partial charge in [-0.2, -0.15) is 15.1 Å². The highest BCUT2D eigenvalue weighted by atomic mass is 35.5. The summed E-state index contributed by atoms with van der Waals surface area (Å²) in [5.41, 5.74) is 3.19. The summed E-state index contributed by atoms with van der Waals surface area (Å²) in [6, 6.07) is 9.84. The first kappa shape index (κ1) is 31.0. The monoisotopic (exact) mass is 685 g/mol. The number of aromatic nitrogens is 8. The number of benzene rings is 1. The Kier molecular flexibility index (Phi) is 7.60. The number of rotatable bonds is 3. The van der Waals surface area contributed by atoms with Crippen LogP contribution in [0.2, 0.25) is 5.28 Å². The molecule has 0 radical (unpaired) electrons. The number of hydrogen-bond acceptors (Lipinski definition) is 10. The van der Waals surface area contributed by atoms with Gasteiger partial charge in [0.1, 0.15) is 40.7 Å². The summed E-state index contributed by atoms with van der Waals surface area (Å²) in [6.07, 6.45) is 3.25. The molecule has 2 aliphatic rings. The van der Waals surface area contributed by atoms with Crippen molar-refractivity contribution in [3.63, 3.8) is 0 Å². The third kappa shape index (κ3) is 5.38. The molecule has 1 fully saturated rings. The summed E-state index contributed by atoms with van der Waals surface area (Å²) in [4.78, 5) is 41.2. The molecule has 2 aliphatic heterocycles. The van der Waals surface area contributed by atoms with E-state index in [0.29, 0.717) is 54.5 Å². The van der Waals surface area contributed by atoms with Crippen LogP contribution in [0.3, 0.4) is 0 Å². The molecule has 1 saturated heterocycles. The lowest BCUT2D eigenvalue weighted by Crippen LogP contribution is -2.47. The van der Waals surface area contributed by atoms with Crippen molar-refractivity contribution < 1.29 is 18.3 Å². The molecular formula is C33H30ClF2N11O2. The lowest BCUT2D eigenvalue weighted by atomic mass is 10.1. The van der Waals surface area contributed by atoms with Crippen LogP contribution in [0.15, 0.2) is 54.9 Å². The molecule has 13 nitrogen and oxygen atoms in total. The van der Waals surface area contributed by atoms with Gasteiger partial charge in [0.2, 0.25) is 11.2 Å². The minimum Gasteiger partial charge on any atom is -0.378 e. The maximum absolute atomic E-state index is 14.9. The molecule has 0 spiro atoms. The van der Waals surface area contributed by atoms with E-state index in [0.717, 1.165) is 29.0 Å². The second kappa shape index (κ2) is 12.0. The normalized spacial score (nSPS) is 19.7. The fourth-order valence-electron chi connectivity index (χ4n) is 6.85. The number of carbonyl (C=O) groups is 1. The molecule has 1 amide bonds. The van der Waals surface area contributed by atoms with Gasteiger partial charge in [-0.25, -0.2) is 23.4 Å². The molecule has 3 atom stereocenters. The average Bonchev–Trinajstić information content (AvgIpc) is 3.78. The summed E-state index contributed by atoms with van der Waals surface area (Å²) < 4.78 is 37.8. The number of imidazole rings is 1. The zero-order valence-electron chi connectivity index (χ0n) is 26.7. The van der Waals surface area contributed by atoms with Crippen LogP contribution in [0.1, 0.15) is 12.2 Å². The molecule has 1 unspecified atom stereocenters. The van der Waals surface area contributed by atoms with Crippen molar-refractivity contribution in [2.45, 2.75) is 38.1 Å². The number of nitrogens with zero attached hydrogens (tertiary/aromatic N) is 10. The first-order valence-corrected chi connectivity index (χ1v) is 16.0. The minimum absolute atomic E-state index is 0.00934. The number of carbonyl (C=O) groups excluding carboxylic acids is 1. The molecule has 7 heterocycles. The highest BCUT2D eigenvalue weighted by Crippen LogP contribution is 2.35. The SMILES string of the molecule is CO[C@H]1CN(C)C(=O)[C@@H]2CC(CN2c2nc(Cl)nc3c2cnn3-c2ccc(F)cc2F)Nc2cccc(n2)-c2nccc3nc(C)n(c23)C1. The van der Waals surface area contributed by atoms with Gasteiger partial charge in [-0.3, -0.25) is 9.78 Å². The van der Waals surface area contributed by atoms with Crippen LogP contribution in [0.25, 0.3) is 39.1 Å². The molecule has 16 heteroatoms. The second-order valence-corrected chi connectivity index (χ2v) is 12.6. The van der Waals surface area contributed by atoms with Crippen molar-refractivity contribution in [3.8, 4) is 17.1 Å². The predicted molar refractivity (Wildman–Crippen MR) is 179 cm³/mol. The quantitative estimate of drug-likeness (QED) is 0.267. The Morgan fingerprint density at radius 2 is 1.90 bits per heavy atom. The highest BCUT2D eigenvalue weighted by molar-refractivity contribution is 6.28. The van der Waals surface area contributed by atoms with Crippen molar-refractivity contribution in [1.82, 2.24) is 44.2 Å². The van der Waals surface area contributed by atoms with E-state index in [9.17, 15) is 13.6 Å². The van der Waals surface area contributed by atoms with Crippen LogP contribution in [-0.4, -0.2) is 95.5 Å².